The Balaban J connectivity index is 2.06. The van der Waals surface area contributed by atoms with Gasteiger partial charge in [0.15, 0.2) is 11.4 Å². The summed E-state index contributed by atoms with van der Waals surface area (Å²) in [6.07, 6.45) is 1.93. The summed E-state index contributed by atoms with van der Waals surface area (Å²) in [4.78, 5) is 16.2. The predicted molar refractivity (Wildman–Crippen MR) is 84.7 cm³/mol. The number of hydrogen-bond acceptors (Lipinski definition) is 4. The van der Waals surface area contributed by atoms with E-state index in [4.69, 9.17) is 16.3 Å². The zero-order valence-electron chi connectivity index (χ0n) is 12.4. The quantitative estimate of drug-likeness (QED) is 0.848. The number of halogens is 1. The molecule has 22 heavy (non-hydrogen) atoms. The van der Waals surface area contributed by atoms with E-state index >= 15 is 0 Å². The molecule has 1 fully saturated rings. The standard InChI is InChI=1S/C16H17ClN2O3/c1-8(2)22-10-5-6-11-12(7-10)14(20)13(19-15(11)17)16(21)18-9-3-4-9/h5-9,20H,3-4H2,1-2H3,(H,18,21). The van der Waals surface area contributed by atoms with Crippen LogP contribution in [-0.4, -0.2) is 28.1 Å². The highest BCUT2D eigenvalue weighted by molar-refractivity contribution is 6.35. The van der Waals surface area contributed by atoms with Crippen LogP contribution in [0.25, 0.3) is 10.8 Å². The number of aromatic nitrogens is 1. The maximum absolute atomic E-state index is 12.2. The monoisotopic (exact) mass is 320 g/mol. The first-order valence-electron chi connectivity index (χ1n) is 7.25. The molecule has 0 bridgehead atoms. The molecule has 5 nitrogen and oxygen atoms in total. The molecule has 3 rings (SSSR count). The number of nitrogens with zero attached hydrogens (tertiary/aromatic N) is 1. The molecule has 0 saturated heterocycles. The van der Waals surface area contributed by atoms with Gasteiger partial charge in [0.05, 0.1) is 6.10 Å². The van der Waals surface area contributed by atoms with E-state index in [1.54, 1.807) is 18.2 Å². The topological polar surface area (TPSA) is 71.5 Å². The second-order valence-corrected chi connectivity index (χ2v) is 6.08. The van der Waals surface area contributed by atoms with E-state index < -0.39 is 5.91 Å². The van der Waals surface area contributed by atoms with Crippen LogP contribution in [0.3, 0.4) is 0 Å². The maximum Gasteiger partial charge on any atom is 0.274 e. The van der Waals surface area contributed by atoms with E-state index in [-0.39, 0.29) is 28.7 Å². The molecule has 2 aromatic rings. The first-order chi connectivity index (χ1) is 10.5. The van der Waals surface area contributed by atoms with Crippen molar-refractivity contribution in [3.8, 4) is 11.5 Å². The van der Waals surface area contributed by atoms with Gasteiger partial charge in [0, 0.05) is 16.8 Å². The number of carbonyl (C=O) groups is 1. The number of amides is 1. The number of ether oxygens (including phenoxy) is 1. The van der Waals surface area contributed by atoms with Crippen LogP contribution in [0.4, 0.5) is 0 Å². The van der Waals surface area contributed by atoms with Crippen LogP contribution >= 0.6 is 11.6 Å². The zero-order chi connectivity index (χ0) is 15.9. The van der Waals surface area contributed by atoms with Crippen molar-refractivity contribution in [2.45, 2.75) is 38.8 Å². The minimum atomic E-state index is -0.404. The van der Waals surface area contributed by atoms with Crippen molar-refractivity contribution < 1.29 is 14.6 Å². The first-order valence-corrected chi connectivity index (χ1v) is 7.63. The summed E-state index contributed by atoms with van der Waals surface area (Å²) in [6, 6.07) is 5.34. The molecule has 0 spiro atoms. The van der Waals surface area contributed by atoms with E-state index in [9.17, 15) is 9.90 Å². The second-order valence-electron chi connectivity index (χ2n) is 5.72. The van der Waals surface area contributed by atoms with Gasteiger partial charge < -0.3 is 15.2 Å². The van der Waals surface area contributed by atoms with Gasteiger partial charge in [-0.25, -0.2) is 4.98 Å². The van der Waals surface area contributed by atoms with Crippen LogP contribution in [-0.2, 0) is 0 Å². The minimum Gasteiger partial charge on any atom is -0.505 e. The number of nitrogens with one attached hydrogen (secondary N) is 1. The summed E-state index contributed by atoms with van der Waals surface area (Å²) >= 11 is 6.15. The number of benzene rings is 1. The molecule has 1 aliphatic carbocycles. The van der Waals surface area contributed by atoms with E-state index in [1.165, 1.54) is 0 Å². The Labute approximate surface area is 133 Å². The highest BCUT2D eigenvalue weighted by Gasteiger charge is 2.27. The van der Waals surface area contributed by atoms with Gasteiger partial charge in [-0.15, -0.1) is 0 Å². The molecule has 1 aromatic carbocycles. The van der Waals surface area contributed by atoms with Gasteiger partial charge in [-0.2, -0.15) is 0 Å². The maximum atomic E-state index is 12.2. The molecule has 1 aromatic heterocycles. The van der Waals surface area contributed by atoms with E-state index in [0.29, 0.717) is 16.5 Å². The van der Waals surface area contributed by atoms with Crippen molar-refractivity contribution >= 4 is 28.3 Å². The van der Waals surface area contributed by atoms with Gasteiger partial charge in [0.25, 0.3) is 5.91 Å². The number of aromatic hydroxyl groups is 1. The first kappa shape index (κ1) is 14.9. The lowest BCUT2D eigenvalue weighted by molar-refractivity contribution is 0.0943. The minimum absolute atomic E-state index is 0.00883. The number of pyridine rings is 1. The van der Waals surface area contributed by atoms with Gasteiger partial charge in [0.2, 0.25) is 0 Å². The van der Waals surface area contributed by atoms with Crippen molar-refractivity contribution in [2.24, 2.45) is 0 Å². The van der Waals surface area contributed by atoms with E-state index in [2.05, 4.69) is 10.3 Å². The average molecular weight is 321 g/mol. The van der Waals surface area contributed by atoms with Crippen LogP contribution in [0.5, 0.6) is 11.5 Å². The van der Waals surface area contributed by atoms with Crippen molar-refractivity contribution in [1.29, 1.82) is 0 Å². The van der Waals surface area contributed by atoms with E-state index in [0.717, 1.165) is 12.8 Å². The van der Waals surface area contributed by atoms with Crippen LogP contribution in [0.15, 0.2) is 18.2 Å². The highest BCUT2D eigenvalue weighted by atomic mass is 35.5. The van der Waals surface area contributed by atoms with E-state index in [1.807, 2.05) is 13.8 Å². The number of fused-ring (bicyclic) bond motifs is 1. The van der Waals surface area contributed by atoms with Gasteiger partial charge in [-0.3, -0.25) is 4.79 Å². The molecular formula is C16H17ClN2O3. The largest absolute Gasteiger partial charge is 0.505 e. The van der Waals surface area contributed by atoms with Gasteiger partial charge in [0.1, 0.15) is 10.9 Å². The fraction of sp³-hybridized carbons (Fsp3) is 0.375. The highest BCUT2D eigenvalue weighted by Crippen LogP contribution is 2.35. The number of rotatable bonds is 4. The molecule has 2 N–H and O–H groups in total. The summed E-state index contributed by atoms with van der Waals surface area (Å²) in [5.74, 6) is 0.0272. The third kappa shape index (κ3) is 2.95. The Morgan fingerprint density at radius 3 is 2.77 bits per heavy atom. The van der Waals surface area contributed by atoms with Crippen molar-refractivity contribution in [3.05, 3.63) is 29.0 Å². The molecule has 1 amide bonds. The SMILES string of the molecule is CC(C)Oc1ccc2c(Cl)nc(C(=O)NC3CC3)c(O)c2c1. The predicted octanol–water partition coefficient (Wildman–Crippen LogP) is 3.27. The molecule has 1 aliphatic rings. The normalized spacial score (nSPS) is 14.4. The Kier molecular flexibility index (Phi) is 3.83. The molecule has 0 unspecified atom stereocenters. The Bertz CT molecular complexity index is 742. The Morgan fingerprint density at radius 1 is 1.41 bits per heavy atom. The summed E-state index contributed by atoms with van der Waals surface area (Å²) in [5.41, 5.74) is -0.0499. The van der Waals surface area contributed by atoms with Crippen LogP contribution in [0.1, 0.15) is 37.2 Å². The lowest BCUT2D eigenvalue weighted by Crippen LogP contribution is -2.26. The Morgan fingerprint density at radius 2 is 2.14 bits per heavy atom. The summed E-state index contributed by atoms with van der Waals surface area (Å²) in [5, 5.41) is 14.4. The third-order valence-corrected chi connectivity index (χ3v) is 3.69. The van der Waals surface area contributed by atoms with Gasteiger partial charge in [-0.1, -0.05) is 11.6 Å². The smallest absolute Gasteiger partial charge is 0.274 e. The summed E-state index contributed by atoms with van der Waals surface area (Å²) in [7, 11) is 0. The van der Waals surface area contributed by atoms with Crippen molar-refractivity contribution in [1.82, 2.24) is 10.3 Å². The molecule has 1 heterocycles. The molecule has 1 saturated carbocycles. The fourth-order valence-corrected chi connectivity index (χ4v) is 2.47. The lowest BCUT2D eigenvalue weighted by atomic mass is 10.1. The Hall–Kier alpha value is -2.01. The zero-order valence-corrected chi connectivity index (χ0v) is 13.1. The molecule has 6 heteroatoms. The molecule has 116 valence electrons. The van der Waals surface area contributed by atoms with Crippen LogP contribution in [0.2, 0.25) is 5.15 Å². The van der Waals surface area contributed by atoms with Crippen LogP contribution < -0.4 is 10.1 Å². The van der Waals surface area contributed by atoms with Gasteiger partial charge >= 0.3 is 0 Å². The molecular weight excluding hydrogens is 304 g/mol. The molecule has 0 atom stereocenters. The number of carbonyl (C=O) groups excluding carboxylic acids is 1. The van der Waals surface area contributed by atoms with Crippen LogP contribution in [0, 0.1) is 0 Å². The average Bonchev–Trinajstić information content (AvgIpc) is 3.26. The fourth-order valence-electron chi connectivity index (χ4n) is 2.22. The second kappa shape index (κ2) is 5.65. The number of hydrogen-bond donors (Lipinski definition) is 2. The van der Waals surface area contributed by atoms with Crippen molar-refractivity contribution in [2.75, 3.05) is 0 Å². The third-order valence-electron chi connectivity index (χ3n) is 3.40. The molecule has 0 aliphatic heterocycles. The molecule has 0 radical (unpaired) electrons. The summed E-state index contributed by atoms with van der Waals surface area (Å²) in [6.45, 7) is 3.83. The van der Waals surface area contributed by atoms with Crippen molar-refractivity contribution in [3.63, 3.8) is 0 Å². The summed E-state index contributed by atoms with van der Waals surface area (Å²) < 4.78 is 5.62. The lowest BCUT2D eigenvalue weighted by Gasteiger charge is -2.13. The van der Waals surface area contributed by atoms with Gasteiger partial charge in [-0.05, 0) is 44.9 Å².